The molecule has 0 unspecified atom stereocenters. The molecule has 4 heteroatoms. The molecule has 0 amide bonds. The minimum Gasteiger partial charge on any atom is -0.287 e. The number of thiophene rings is 2. The molecule has 0 atom stereocenters. The summed E-state index contributed by atoms with van der Waals surface area (Å²) < 4.78 is 14.0. The summed E-state index contributed by atoms with van der Waals surface area (Å²) in [5.41, 5.74) is 0.0481. The quantitative estimate of drug-likeness (QED) is 0.560. The lowest BCUT2D eigenvalue weighted by Crippen LogP contribution is -2.07. The predicted molar refractivity (Wildman–Crippen MR) is 88.2 cm³/mol. The summed E-state index contributed by atoms with van der Waals surface area (Å²) in [5.74, 6) is -0.244. The number of carbonyl (C=O) groups is 1. The molecule has 108 valence electrons. The van der Waals surface area contributed by atoms with Crippen LogP contribution in [-0.4, -0.2) is 5.78 Å². The van der Waals surface area contributed by atoms with E-state index in [0.29, 0.717) is 4.88 Å². The van der Waals surface area contributed by atoms with E-state index < -0.39 is 0 Å². The van der Waals surface area contributed by atoms with E-state index in [1.165, 1.54) is 39.7 Å². The number of hydrogen-bond acceptors (Lipinski definition) is 3. The van der Waals surface area contributed by atoms with E-state index in [-0.39, 0.29) is 17.0 Å². The van der Waals surface area contributed by atoms with Crippen LogP contribution in [0.4, 0.5) is 4.39 Å². The Kier molecular flexibility index (Phi) is 3.46. The molecule has 0 bridgehead atoms. The fraction of sp³-hybridized carbons (Fsp3) is 0.235. The second-order valence-corrected chi connectivity index (χ2v) is 8.20. The molecule has 0 saturated carbocycles. The van der Waals surface area contributed by atoms with Crippen LogP contribution in [0.2, 0.25) is 0 Å². The summed E-state index contributed by atoms with van der Waals surface area (Å²) in [5, 5.41) is 0.914. The fourth-order valence-corrected chi connectivity index (χ4v) is 4.23. The molecule has 0 saturated heterocycles. The van der Waals surface area contributed by atoms with Crippen molar-refractivity contribution in [3.8, 4) is 0 Å². The van der Waals surface area contributed by atoms with Gasteiger partial charge in [-0.3, -0.25) is 4.79 Å². The second-order valence-electron chi connectivity index (χ2n) is 6.04. The molecule has 1 aromatic carbocycles. The van der Waals surface area contributed by atoms with E-state index >= 15 is 0 Å². The molecule has 2 heterocycles. The van der Waals surface area contributed by atoms with Crippen molar-refractivity contribution in [2.24, 2.45) is 0 Å². The summed E-state index contributed by atoms with van der Waals surface area (Å²) in [6.45, 7) is 6.40. The van der Waals surface area contributed by atoms with E-state index in [9.17, 15) is 9.18 Å². The normalized spacial score (nSPS) is 12.0. The highest BCUT2D eigenvalue weighted by Crippen LogP contribution is 2.33. The number of hydrogen-bond donors (Lipinski definition) is 0. The highest BCUT2D eigenvalue weighted by atomic mass is 32.1. The van der Waals surface area contributed by atoms with Crippen LogP contribution in [0, 0.1) is 5.82 Å². The van der Waals surface area contributed by atoms with Crippen molar-refractivity contribution in [2.75, 3.05) is 0 Å². The second kappa shape index (κ2) is 5.04. The van der Waals surface area contributed by atoms with Gasteiger partial charge < -0.3 is 0 Å². The van der Waals surface area contributed by atoms with E-state index in [2.05, 4.69) is 20.8 Å². The first-order valence-corrected chi connectivity index (χ1v) is 8.32. The first kappa shape index (κ1) is 14.4. The van der Waals surface area contributed by atoms with Gasteiger partial charge in [0.2, 0.25) is 5.78 Å². The number of fused-ring (bicyclic) bond motifs is 1. The topological polar surface area (TPSA) is 17.1 Å². The summed E-state index contributed by atoms with van der Waals surface area (Å²) in [4.78, 5) is 15.2. The molecule has 0 fully saturated rings. The molecule has 1 nitrogen and oxygen atoms in total. The van der Waals surface area contributed by atoms with Gasteiger partial charge in [0.05, 0.1) is 9.75 Å². The minimum absolute atomic E-state index is 0.0251. The zero-order chi connectivity index (χ0) is 15.2. The molecule has 0 N–H and O–H groups in total. The zero-order valence-corrected chi connectivity index (χ0v) is 13.7. The van der Waals surface area contributed by atoms with Crippen LogP contribution < -0.4 is 0 Å². The smallest absolute Gasteiger partial charge is 0.212 e. The van der Waals surface area contributed by atoms with Crippen LogP contribution in [0.25, 0.3) is 10.1 Å². The Labute approximate surface area is 131 Å². The minimum atomic E-state index is -0.269. The third-order valence-electron chi connectivity index (χ3n) is 3.27. The van der Waals surface area contributed by atoms with Gasteiger partial charge in [-0.25, -0.2) is 4.39 Å². The molecule has 3 aromatic rings. The Hall–Kier alpha value is -1.52. The van der Waals surface area contributed by atoms with Crippen LogP contribution in [0.5, 0.6) is 0 Å². The fourth-order valence-electron chi connectivity index (χ4n) is 2.10. The van der Waals surface area contributed by atoms with Gasteiger partial charge in [0.15, 0.2) is 0 Å². The average Bonchev–Trinajstić information content (AvgIpc) is 3.03. The average molecular weight is 318 g/mol. The molecular weight excluding hydrogens is 303 g/mol. The predicted octanol–water partition coefficient (Wildman–Crippen LogP) is 5.63. The monoisotopic (exact) mass is 318 g/mol. The molecule has 2 aromatic heterocycles. The number of halogens is 1. The van der Waals surface area contributed by atoms with Gasteiger partial charge in [0.1, 0.15) is 5.82 Å². The van der Waals surface area contributed by atoms with Crippen molar-refractivity contribution in [1.29, 1.82) is 0 Å². The van der Waals surface area contributed by atoms with Crippen LogP contribution in [0.15, 0.2) is 36.4 Å². The number of ketones is 1. The van der Waals surface area contributed by atoms with Crippen molar-refractivity contribution in [3.63, 3.8) is 0 Å². The Morgan fingerprint density at radius 1 is 1.00 bits per heavy atom. The van der Waals surface area contributed by atoms with Crippen LogP contribution in [-0.2, 0) is 5.41 Å². The standard InChI is InChI=1S/C17H15FOS2/c1-17(2,3)15-7-6-12(21-15)16(19)14-8-10-4-5-11(18)9-13(10)20-14/h4-9H,1-3H3. The van der Waals surface area contributed by atoms with Gasteiger partial charge in [-0.1, -0.05) is 26.8 Å². The van der Waals surface area contributed by atoms with E-state index in [1.54, 1.807) is 6.07 Å². The van der Waals surface area contributed by atoms with Crippen molar-refractivity contribution >= 4 is 38.5 Å². The van der Waals surface area contributed by atoms with E-state index in [4.69, 9.17) is 0 Å². The summed E-state index contributed by atoms with van der Waals surface area (Å²) in [6, 6.07) is 10.4. The van der Waals surface area contributed by atoms with Crippen molar-refractivity contribution in [1.82, 2.24) is 0 Å². The summed E-state index contributed by atoms with van der Waals surface area (Å²) >= 11 is 2.89. The molecule has 0 aliphatic heterocycles. The van der Waals surface area contributed by atoms with Crippen LogP contribution >= 0.6 is 22.7 Å². The first-order valence-electron chi connectivity index (χ1n) is 6.69. The van der Waals surface area contributed by atoms with Gasteiger partial charge in [-0.05, 0) is 41.1 Å². The van der Waals surface area contributed by atoms with Gasteiger partial charge >= 0.3 is 0 Å². The van der Waals surface area contributed by atoms with Crippen LogP contribution in [0.1, 0.15) is 40.2 Å². The number of rotatable bonds is 2. The summed E-state index contributed by atoms with van der Waals surface area (Å²) in [6.07, 6.45) is 0. The maximum absolute atomic E-state index is 13.2. The molecule has 0 aliphatic rings. The molecule has 21 heavy (non-hydrogen) atoms. The van der Waals surface area contributed by atoms with Crippen molar-refractivity contribution < 1.29 is 9.18 Å². The third-order valence-corrected chi connectivity index (χ3v) is 5.88. The molecule has 0 radical (unpaired) electrons. The Bertz CT molecular complexity index is 821. The zero-order valence-electron chi connectivity index (χ0n) is 12.1. The Morgan fingerprint density at radius 3 is 2.43 bits per heavy atom. The van der Waals surface area contributed by atoms with Gasteiger partial charge in [0, 0.05) is 9.58 Å². The first-order chi connectivity index (χ1) is 9.84. The molecule has 0 aliphatic carbocycles. The van der Waals surface area contributed by atoms with Gasteiger partial charge in [-0.15, -0.1) is 22.7 Å². The third kappa shape index (κ3) is 2.78. The number of carbonyl (C=O) groups excluding carboxylic acids is 1. The number of benzene rings is 1. The van der Waals surface area contributed by atoms with Crippen molar-refractivity contribution in [2.45, 2.75) is 26.2 Å². The Morgan fingerprint density at radius 2 is 1.76 bits per heavy atom. The highest BCUT2D eigenvalue weighted by molar-refractivity contribution is 7.22. The van der Waals surface area contributed by atoms with Crippen molar-refractivity contribution in [3.05, 3.63) is 56.8 Å². The Balaban J connectivity index is 1.98. The van der Waals surface area contributed by atoms with Crippen LogP contribution in [0.3, 0.4) is 0 Å². The lowest BCUT2D eigenvalue weighted by Gasteiger charge is -2.15. The van der Waals surface area contributed by atoms with Gasteiger partial charge in [0.25, 0.3) is 0 Å². The highest BCUT2D eigenvalue weighted by Gasteiger charge is 2.20. The maximum Gasteiger partial charge on any atom is 0.212 e. The van der Waals surface area contributed by atoms with E-state index in [1.807, 2.05) is 18.2 Å². The SMILES string of the molecule is CC(C)(C)c1ccc(C(=O)c2cc3ccc(F)cc3s2)s1. The lowest BCUT2D eigenvalue weighted by atomic mass is 9.95. The molecular formula is C17H15FOS2. The van der Waals surface area contributed by atoms with E-state index in [0.717, 1.165) is 15.0 Å². The van der Waals surface area contributed by atoms with Gasteiger partial charge in [-0.2, -0.15) is 0 Å². The molecule has 0 spiro atoms. The lowest BCUT2D eigenvalue weighted by molar-refractivity contribution is 0.104. The maximum atomic E-state index is 13.2. The summed E-state index contributed by atoms with van der Waals surface area (Å²) in [7, 11) is 0. The largest absolute Gasteiger partial charge is 0.287 e. The molecule has 3 rings (SSSR count).